The van der Waals surface area contributed by atoms with Crippen LogP contribution in [0.1, 0.15) is 27.0 Å². The van der Waals surface area contributed by atoms with Gasteiger partial charge in [-0.15, -0.1) is 0 Å². The Morgan fingerprint density at radius 1 is 1.00 bits per heavy atom. The summed E-state index contributed by atoms with van der Waals surface area (Å²) in [5.74, 6) is -2.58. The molecule has 37 heavy (non-hydrogen) atoms. The second kappa shape index (κ2) is 10.6. The topological polar surface area (TPSA) is 113 Å². The van der Waals surface area contributed by atoms with Crippen LogP contribution in [-0.2, 0) is 16.2 Å². The predicted octanol–water partition coefficient (Wildman–Crippen LogP) is 5.90. The van der Waals surface area contributed by atoms with Crippen LogP contribution < -0.4 is 15.0 Å². The number of barbiturate groups is 1. The average Bonchev–Trinajstić information content (AvgIpc) is 2.84. The van der Waals surface area contributed by atoms with Crippen LogP contribution >= 0.6 is 34.8 Å². The molecule has 2 N–H and O–H groups in total. The van der Waals surface area contributed by atoms with E-state index in [1.165, 1.54) is 30.3 Å². The quantitative estimate of drug-likeness (QED) is 0.287. The van der Waals surface area contributed by atoms with Crippen molar-refractivity contribution in [3.8, 4) is 5.75 Å². The minimum Gasteiger partial charge on any atom is -0.486 e. The van der Waals surface area contributed by atoms with E-state index in [1.807, 2.05) is 0 Å². The Morgan fingerprint density at radius 3 is 2.27 bits per heavy atom. The number of urea groups is 1. The smallest absolute Gasteiger partial charge is 0.335 e. The Bertz CT molecular complexity index is 1460. The number of anilines is 1. The molecule has 1 saturated heterocycles. The van der Waals surface area contributed by atoms with Gasteiger partial charge in [0.25, 0.3) is 11.8 Å². The molecule has 4 rings (SSSR count). The van der Waals surface area contributed by atoms with E-state index in [9.17, 15) is 19.2 Å². The molecule has 0 unspecified atom stereocenters. The first-order valence-electron chi connectivity index (χ1n) is 10.7. The minimum atomic E-state index is -1.04. The molecule has 0 aliphatic carbocycles. The zero-order valence-electron chi connectivity index (χ0n) is 19.1. The summed E-state index contributed by atoms with van der Waals surface area (Å²) in [7, 11) is 0. The molecule has 4 amide bonds. The van der Waals surface area contributed by atoms with Gasteiger partial charge in [0, 0.05) is 5.02 Å². The van der Waals surface area contributed by atoms with Crippen LogP contribution in [-0.4, -0.2) is 28.9 Å². The van der Waals surface area contributed by atoms with Crippen molar-refractivity contribution in [1.82, 2.24) is 5.32 Å². The van der Waals surface area contributed by atoms with Gasteiger partial charge in [0.2, 0.25) is 0 Å². The van der Waals surface area contributed by atoms with E-state index in [0.717, 1.165) is 4.90 Å². The molecule has 3 aromatic carbocycles. The van der Waals surface area contributed by atoms with Crippen molar-refractivity contribution in [3.05, 3.63) is 97.5 Å². The first-order chi connectivity index (χ1) is 17.6. The zero-order chi connectivity index (χ0) is 26.9. The summed E-state index contributed by atoms with van der Waals surface area (Å²) in [6, 6.07) is 12.9. The van der Waals surface area contributed by atoms with Gasteiger partial charge < -0.3 is 9.84 Å². The Labute approximate surface area is 226 Å². The summed E-state index contributed by atoms with van der Waals surface area (Å²) in [4.78, 5) is 50.0. The fraction of sp³-hybridized carbons (Fsp3) is 0.0769. The van der Waals surface area contributed by atoms with Crippen LogP contribution in [0.25, 0.3) is 6.08 Å². The normalized spacial score (nSPS) is 14.6. The monoisotopic (exact) mass is 558 g/mol. The second-order valence-electron chi connectivity index (χ2n) is 7.95. The maximum Gasteiger partial charge on any atom is 0.335 e. The Morgan fingerprint density at radius 2 is 1.65 bits per heavy atom. The van der Waals surface area contributed by atoms with Gasteiger partial charge in [0.05, 0.1) is 21.3 Å². The fourth-order valence-corrected chi connectivity index (χ4v) is 4.36. The van der Waals surface area contributed by atoms with E-state index < -0.39 is 23.8 Å². The van der Waals surface area contributed by atoms with Gasteiger partial charge in [0.15, 0.2) is 5.75 Å². The number of carboxylic acids is 1. The van der Waals surface area contributed by atoms with Crippen LogP contribution in [0.15, 0.2) is 60.2 Å². The number of benzene rings is 3. The van der Waals surface area contributed by atoms with Crippen molar-refractivity contribution in [2.45, 2.75) is 13.5 Å². The summed E-state index contributed by atoms with van der Waals surface area (Å²) in [5.41, 5.74) is 1.58. The first-order valence-corrected chi connectivity index (χ1v) is 11.8. The number of carbonyl (C=O) groups is 4. The Hall–Kier alpha value is -3.85. The van der Waals surface area contributed by atoms with E-state index in [-0.39, 0.29) is 39.2 Å². The fourth-order valence-electron chi connectivity index (χ4n) is 3.58. The molecule has 1 fully saturated rings. The number of hydrogen-bond donors (Lipinski definition) is 2. The van der Waals surface area contributed by atoms with Crippen LogP contribution in [0, 0.1) is 6.92 Å². The van der Waals surface area contributed by atoms with Gasteiger partial charge >= 0.3 is 12.0 Å². The van der Waals surface area contributed by atoms with E-state index in [2.05, 4.69) is 5.32 Å². The molecular formula is C26H17Cl3N2O6. The molecule has 1 heterocycles. The van der Waals surface area contributed by atoms with Crippen molar-refractivity contribution in [2.24, 2.45) is 0 Å². The van der Waals surface area contributed by atoms with Gasteiger partial charge in [-0.05, 0) is 66.1 Å². The molecule has 0 radical (unpaired) electrons. The molecule has 0 spiro atoms. The third-order valence-electron chi connectivity index (χ3n) is 5.50. The Kier molecular flexibility index (Phi) is 7.54. The number of carboxylic acid groups (broad SMARTS) is 1. The highest BCUT2D eigenvalue weighted by Crippen LogP contribution is 2.36. The van der Waals surface area contributed by atoms with Gasteiger partial charge in [-0.3, -0.25) is 14.9 Å². The molecule has 188 valence electrons. The number of amides is 4. The molecule has 8 nitrogen and oxygen atoms in total. The molecule has 1 aliphatic rings. The molecule has 3 aromatic rings. The third-order valence-corrected chi connectivity index (χ3v) is 6.47. The van der Waals surface area contributed by atoms with E-state index in [4.69, 9.17) is 44.6 Å². The summed E-state index contributed by atoms with van der Waals surface area (Å²) < 4.78 is 5.71. The lowest BCUT2D eigenvalue weighted by Crippen LogP contribution is -2.54. The molecular weight excluding hydrogens is 543 g/mol. The predicted molar refractivity (Wildman–Crippen MR) is 139 cm³/mol. The number of rotatable bonds is 6. The summed E-state index contributed by atoms with van der Waals surface area (Å²) in [6.45, 7) is 1.72. The van der Waals surface area contributed by atoms with Gasteiger partial charge in [-0.2, -0.15) is 0 Å². The summed E-state index contributed by atoms with van der Waals surface area (Å²) in [5, 5.41) is 11.7. The van der Waals surface area contributed by atoms with Gasteiger partial charge in [-0.25, -0.2) is 14.5 Å². The minimum absolute atomic E-state index is 0.0662. The maximum atomic E-state index is 13.2. The molecule has 0 atom stereocenters. The van der Waals surface area contributed by atoms with Crippen molar-refractivity contribution >= 4 is 70.4 Å². The highest BCUT2D eigenvalue weighted by atomic mass is 35.5. The molecule has 11 heteroatoms. The van der Waals surface area contributed by atoms with Crippen LogP contribution in [0.5, 0.6) is 5.75 Å². The highest BCUT2D eigenvalue weighted by Gasteiger charge is 2.37. The Balaban J connectivity index is 1.59. The van der Waals surface area contributed by atoms with Crippen molar-refractivity contribution in [1.29, 1.82) is 0 Å². The van der Waals surface area contributed by atoms with E-state index >= 15 is 0 Å². The summed E-state index contributed by atoms with van der Waals surface area (Å²) >= 11 is 18.9. The van der Waals surface area contributed by atoms with Crippen molar-refractivity contribution in [2.75, 3.05) is 4.90 Å². The molecule has 0 saturated carbocycles. The lowest BCUT2D eigenvalue weighted by Gasteiger charge is -2.27. The number of aromatic carboxylic acids is 1. The average molecular weight is 560 g/mol. The number of nitrogens with zero attached hydrogens (tertiary/aromatic N) is 1. The third kappa shape index (κ3) is 5.46. The standard InChI is InChI=1S/C26H17Cl3N2O6/c1-13-18(27)3-2-4-21(13)31-24(33)17(23(32)30-26(31)36)9-15-10-19(28)22(20(29)11-15)37-12-14-5-7-16(8-6-14)25(34)35/h2-11H,12H2,1H3,(H,34,35)(H,30,32,36)/b17-9+. The summed E-state index contributed by atoms with van der Waals surface area (Å²) in [6.07, 6.45) is 1.27. The number of carbonyl (C=O) groups excluding carboxylic acids is 3. The van der Waals surface area contributed by atoms with E-state index in [1.54, 1.807) is 37.3 Å². The highest BCUT2D eigenvalue weighted by molar-refractivity contribution is 6.40. The molecule has 0 bridgehead atoms. The molecule has 1 aliphatic heterocycles. The van der Waals surface area contributed by atoms with Crippen molar-refractivity contribution in [3.63, 3.8) is 0 Å². The van der Waals surface area contributed by atoms with Gasteiger partial charge in [-0.1, -0.05) is 53.0 Å². The maximum absolute atomic E-state index is 13.2. The number of imide groups is 2. The first kappa shape index (κ1) is 26.2. The number of ether oxygens (including phenoxy) is 1. The lowest BCUT2D eigenvalue weighted by atomic mass is 10.1. The van der Waals surface area contributed by atoms with Crippen molar-refractivity contribution < 1.29 is 29.0 Å². The largest absolute Gasteiger partial charge is 0.486 e. The number of nitrogens with one attached hydrogen (secondary N) is 1. The number of halogens is 3. The van der Waals surface area contributed by atoms with Gasteiger partial charge in [0.1, 0.15) is 12.2 Å². The van der Waals surface area contributed by atoms with Crippen LogP contribution in [0.3, 0.4) is 0 Å². The second-order valence-corrected chi connectivity index (χ2v) is 9.17. The lowest BCUT2D eigenvalue weighted by molar-refractivity contribution is -0.122. The van der Waals surface area contributed by atoms with E-state index in [0.29, 0.717) is 21.7 Å². The molecule has 0 aromatic heterocycles. The zero-order valence-corrected chi connectivity index (χ0v) is 21.3. The SMILES string of the molecule is Cc1c(Cl)cccc1N1C(=O)NC(=O)/C(=C\c2cc(Cl)c(OCc3ccc(C(=O)O)cc3)c(Cl)c2)C1=O. The van der Waals surface area contributed by atoms with Crippen LogP contribution in [0.4, 0.5) is 10.5 Å². The number of hydrogen-bond acceptors (Lipinski definition) is 5. The van der Waals surface area contributed by atoms with Crippen LogP contribution in [0.2, 0.25) is 15.1 Å².